The molecular weight excluding hydrogens is 354 g/mol. The average molecular weight is 378 g/mol. The van der Waals surface area contributed by atoms with Crippen LogP contribution >= 0.6 is 11.6 Å². The number of nitrogens with zero attached hydrogens (tertiary/aromatic N) is 4. The van der Waals surface area contributed by atoms with Crippen LogP contribution in [0.25, 0.3) is 0 Å². The maximum atomic E-state index is 11.2. The van der Waals surface area contributed by atoms with E-state index in [0.717, 1.165) is 49.6 Å². The zero-order valence-corrected chi connectivity index (χ0v) is 15.9. The van der Waals surface area contributed by atoms with Gasteiger partial charge in [0.25, 0.3) is 0 Å². The number of hydrogen-bond donors (Lipinski definition) is 1. The molecule has 1 N–H and O–H groups in total. The van der Waals surface area contributed by atoms with Crippen molar-refractivity contribution in [2.45, 2.75) is 26.3 Å². The van der Waals surface area contributed by atoms with Gasteiger partial charge in [0.05, 0.1) is 4.92 Å². The maximum Gasteiger partial charge on any atom is 0.333 e. The van der Waals surface area contributed by atoms with Crippen LogP contribution in [0.1, 0.15) is 24.1 Å². The van der Waals surface area contributed by atoms with Crippen molar-refractivity contribution in [1.82, 2.24) is 14.7 Å². The van der Waals surface area contributed by atoms with E-state index >= 15 is 0 Å². The minimum atomic E-state index is -0.364. The zero-order chi connectivity index (χ0) is 18.7. The number of rotatable bonds is 6. The van der Waals surface area contributed by atoms with Crippen LogP contribution in [0.15, 0.2) is 24.3 Å². The first-order valence-electron chi connectivity index (χ1n) is 8.83. The molecule has 0 atom stereocenters. The lowest BCUT2D eigenvalue weighted by molar-refractivity contribution is -0.384. The molecule has 1 aliphatic rings. The smallest absolute Gasteiger partial charge is 0.333 e. The monoisotopic (exact) mass is 377 g/mol. The Morgan fingerprint density at radius 1 is 1.35 bits per heavy atom. The first kappa shape index (κ1) is 18.7. The Kier molecular flexibility index (Phi) is 5.78. The molecular formula is C18H24ClN5O2. The molecule has 0 unspecified atom stereocenters. The second kappa shape index (κ2) is 8.05. The molecule has 0 amide bonds. The highest BCUT2D eigenvalue weighted by Crippen LogP contribution is 2.28. The van der Waals surface area contributed by atoms with Gasteiger partial charge in [0.2, 0.25) is 5.82 Å². The molecule has 1 aromatic carbocycles. The van der Waals surface area contributed by atoms with Gasteiger partial charge in [0.1, 0.15) is 5.69 Å². The Labute approximate surface area is 158 Å². The minimum absolute atomic E-state index is 0.0728. The number of nitro groups is 1. The SMILES string of the molecule is Cc1nn(C)c(NCC2CCN(Cc3ccccc3Cl)CC2)c1[N+](=O)[O-]. The summed E-state index contributed by atoms with van der Waals surface area (Å²) in [6.07, 6.45) is 2.12. The topological polar surface area (TPSA) is 76.2 Å². The van der Waals surface area contributed by atoms with E-state index in [9.17, 15) is 10.1 Å². The van der Waals surface area contributed by atoms with Gasteiger partial charge in [0.15, 0.2) is 0 Å². The lowest BCUT2D eigenvalue weighted by Crippen LogP contribution is -2.35. The van der Waals surface area contributed by atoms with Crippen molar-refractivity contribution in [3.05, 3.63) is 50.7 Å². The normalized spacial score (nSPS) is 16.0. The molecule has 7 nitrogen and oxygen atoms in total. The molecule has 1 aliphatic heterocycles. The molecule has 1 saturated heterocycles. The Morgan fingerprint density at radius 3 is 2.69 bits per heavy atom. The lowest BCUT2D eigenvalue weighted by atomic mass is 9.96. The molecule has 1 fully saturated rings. The Bertz CT molecular complexity index is 784. The van der Waals surface area contributed by atoms with Gasteiger partial charge >= 0.3 is 5.69 Å². The number of aryl methyl sites for hydroxylation is 2. The number of aromatic nitrogens is 2. The third-order valence-electron chi connectivity index (χ3n) is 4.99. The van der Waals surface area contributed by atoms with Crippen LogP contribution in [-0.4, -0.2) is 39.2 Å². The molecule has 0 spiro atoms. The number of piperidine rings is 1. The van der Waals surface area contributed by atoms with Gasteiger partial charge in [-0.15, -0.1) is 0 Å². The lowest BCUT2D eigenvalue weighted by Gasteiger charge is -2.32. The number of nitrogens with one attached hydrogen (secondary N) is 1. The number of anilines is 1. The quantitative estimate of drug-likeness (QED) is 0.614. The van der Waals surface area contributed by atoms with Gasteiger partial charge in [-0.1, -0.05) is 29.8 Å². The fraction of sp³-hybridized carbons (Fsp3) is 0.500. The molecule has 0 aliphatic carbocycles. The van der Waals surface area contributed by atoms with Crippen molar-refractivity contribution in [2.75, 3.05) is 25.0 Å². The Balaban J connectivity index is 1.52. The first-order valence-corrected chi connectivity index (χ1v) is 9.21. The summed E-state index contributed by atoms with van der Waals surface area (Å²) in [6, 6.07) is 7.96. The summed E-state index contributed by atoms with van der Waals surface area (Å²) in [5.74, 6) is 0.985. The molecule has 26 heavy (non-hydrogen) atoms. The zero-order valence-electron chi connectivity index (χ0n) is 15.1. The van der Waals surface area contributed by atoms with Gasteiger partial charge in [-0.2, -0.15) is 5.10 Å². The highest BCUT2D eigenvalue weighted by atomic mass is 35.5. The average Bonchev–Trinajstić information content (AvgIpc) is 2.90. The van der Waals surface area contributed by atoms with Crippen LogP contribution in [0.5, 0.6) is 0 Å². The molecule has 2 heterocycles. The Hall–Kier alpha value is -2.12. The van der Waals surface area contributed by atoms with Crippen molar-refractivity contribution >= 4 is 23.1 Å². The molecule has 2 aromatic rings. The molecule has 1 aromatic heterocycles. The second-order valence-electron chi connectivity index (χ2n) is 6.86. The standard InChI is InChI=1S/C18H24ClN5O2/c1-13-17(24(25)26)18(22(2)21-13)20-11-14-7-9-23(10-8-14)12-15-5-3-4-6-16(15)19/h3-6,14,20H,7-12H2,1-2H3. The van der Waals surface area contributed by atoms with Crippen LogP contribution in [0, 0.1) is 23.0 Å². The fourth-order valence-electron chi connectivity index (χ4n) is 3.52. The largest absolute Gasteiger partial charge is 0.364 e. The summed E-state index contributed by atoms with van der Waals surface area (Å²) in [6.45, 7) is 5.26. The summed E-state index contributed by atoms with van der Waals surface area (Å²) in [7, 11) is 1.73. The molecule has 0 saturated carbocycles. The number of likely N-dealkylation sites (tertiary alicyclic amines) is 1. The van der Waals surface area contributed by atoms with Crippen molar-refractivity contribution in [3.63, 3.8) is 0 Å². The molecule has 140 valence electrons. The number of halogens is 1. The van der Waals surface area contributed by atoms with Crippen molar-refractivity contribution < 1.29 is 4.92 Å². The molecule has 3 rings (SSSR count). The molecule has 0 bridgehead atoms. The predicted octanol–water partition coefficient (Wildman–Crippen LogP) is 3.61. The number of hydrogen-bond acceptors (Lipinski definition) is 5. The van der Waals surface area contributed by atoms with E-state index in [4.69, 9.17) is 11.6 Å². The first-order chi connectivity index (χ1) is 12.5. The summed E-state index contributed by atoms with van der Waals surface area (Å²) in [5.41, 5.74) is 1.67. The third-order valence-corrected chi connectivity index (χ3v) is 5.36. The highest BCUT2D eigenvalue weighted by Gasteiger charge is 2.25. The third kappa shape index (κ3) is 4.16. The van der Waals surface area contributed by atoms with E-state index in [1.54, 1.807) is 18.7 Å². The van der Waals surface area contributed by atoms with Crippen LogP contribution in [0.3, 0.4) is 0 Å². The summed E-state index contributed by atoms with van der Waals surface area (Å²) < 4.78 is 1.56. The van der Waals surface area contributed by atoms with Crippen LogP contribution in [0.4, 0.5) is 11.5 Å². The van der Waals surface area contributed by atoms with E-state index in [2.05, 4.69) is 21.4 Å². The summed E-state index contributed by atoms with van der Waals surface area (Å²) in [4.78, 5) is 13.3. The van der Waals surface area contributed by atoms with E-state index in [-0.39, 0.29) is 10.6 Å². The van der Waals surface area contributed by atoms with Gasteiger partial charge in [-0.05, 0) is 50.4 Å². The van der Waals surface area contributed by atoms with Gasteiger partial charge in [-0.25, -0.2) is 4.68 Å². The Morgan fingerprint density at radius 2 is 2.04 bits per heavy atom. The van der Waals surface area contributed by atoms with E-state index in [1.807, 2.05) is 18.2 Å². The summed E-state index contributed by atoms with van der Waals surface area (Å²) >= 11 is 6.25. The minimum Gasteiger partial charge on any atom is -0.364 e. The predicted molar refractivity (Wildman–Crippen MR) is 103 cm³/mol. The van der Waals surface area contributed by atoms with E-state index in [0.29, 0.717) is 17.4 Å². The van der Waals surface area contributed by atoms with Gasteiger partial charge in [0, 0.05) is 25.2 Å². The van der Waals surface area contributed by atoms with Crippen molar-refractivity contribution in [2.24, 2.45) is 13.0 Å². The van der Waals surface area contributed by atoms with Gasteiger partial charge in [-0.3, -0.25) is 15.0 Å². The molecule has 0 radical (unpaired) electrons. The van der Waals surface area contributed by atoms with Crippen molar-refractivity contribution in [1.29, 1.82) is 0 Å². The van der Waals surface area contributed by atoms with E-state index in [1.165, 1.54) is 0 Å². The van der Waals surface area contributed by atoms with Crippen LogP contribution in [0.2, 0.25) is 5.02 Å². The van der Waals surface area contributed by atoms with Crippen LogP contribution in [-0.2, 0) is 13.6 Å². The van der Waals surface area contributed by atoms with Gasteiger partial charge < -0.3 is 5.32 Å². The second-order valence-corrected chi connectivity index (χ2v) is 7.26. The number of benzene rings is 1. The summed E-state index contributed by atoms with van der Waals surface area (Å²) in [5, 5.41) is 19.5. The molecule has 8 heteroatoms. The van der Waals surface area contributed by atoms with Crippen LogP contribution < -0.4 is 5.32 Å². The van der Waals surface area contributed by atoms with E-state index < -0.39 is 0 Å². The maximum absolute atomic E-state index is 11.2. The van der Waals surface area contributed by atoms with Crippen molar-refractivity contribution in [3.8, 4) is 0 Å². The highest BCUT2D eigenvalue weighted by molar-refractivity contribution is 6.31. The fourth-order valence-corrected chi connectivity index (χ4v) is 3.72.